The van der Waals surface area contributed by atoms with Gasteiger partial charge in [-0.1, -0.05) is 0 Å². The van der Waals surface area contributed by atoms with Crippen molar-refractivity contribution in [2.75, 3.05) is 18.9 Å². The van der Waals surface area contributed by atoms with Gasteiger partial charge in [0.1, 0.15) is 11.6 Å². The minimum atomic E-state index is -0.518. The van der Waals surface area contributed by atoms with Crippen LogP contribution in [0, 0.1) is 18.6 Å². The van der Waals surface area contributed by atoms with Crippen LogP contribution >= 0.6 is 0 Å². The van der Waals surface area contributed by atoms with Crippen LogP contribution in [0.25, 0.3) is 0 Å². The van der Waals surface area contributed by atoms with E-state index in [0.717, 1.165) is 12.1 Å². The van der Waals surface area contributed by atoms with Crippen molar-refractivity contribution < 1.29 is 13.6 Å². The zero-order valence-corrected chi connectivity index (χ0v) is 9.23. The van der Waals surface area contributed by atoms with Crippen molar-refractivity contribution in [1.29, 1.82) is 0 Å². The molecule has 0 bridgehead atoms. The first kappa shape index (κ1) is 12.4. The van der Waals surface area contributed by atoms with E-state index in [1.54, 1.807) is 0 Å². The molecule has 0 aliphatic carbocycles. The fraction of sp³-hybridized carbons (Fsp3) is 0.364. The third-order valence-corrected chi connectivity index (χ3v) is 2.19. The number of aryl methyl sites for hydroxylation is 1. The Morgan fingerprint density at radius 2 is 2.00 bits per heavy atom. The summed E-state index contributed by atoms with van der Waals surface area (Å²) in [5.41, 5.74) is 0.335. The molecule has 0 radical (unpaired) electrons. The van der Waals surface area contributed by atoms with E-state index in [0.29, 0.717) is 0 Å². The molecular formula is C11H14F2N2O. The van der Waals surface area contributed by atoms with Gasteiger partial charge in [0.05, 0.1) is 5.69 Å². The van der Waals surface area contributed by atoms with Gasteiger partial charge in [-0.15, -0.1) is 0 Å². The number of carbonyl (C=O) groups is 1. The molecule has 1 amide bonds. The maximum Gasteiger partial charge on any atom is 0.221 e. The molecule has 0 aliphatic rings. The first-order valence-corrected chi connectivity index (χ1v) is 4.94. The summed E-state index contributed by atoms with van der Waals surface area (Å²) in [5.74, 6) is -1.14. The summed E-state index contributed by atoms with van der Waals surface area (Å²) in [4.78, 5) is 10.9. The van der Waals surface area contributed by atoms with Crippen LogP contribution < -0.4 is 10.6 Å². The van der Waals surface area contributed by atoms with Crippen LogP contribution in [0.1, 0.15) is 12.0 Å². The quantitative estimate of drug-likeness (QED) is 0.825. The molecule has 3 nitrogen and oxygen atoms in total. The van der Waals surface area contributed by atoms with E-state index >= 15 is 0 Å². The fourth-order valence-electron chi connectivity index (χ4n) is 1.22. The predicted molar refractivity (Wildman–Crippen MR) is 58.3 cm³/mol. The lowest BCUT2D eigenvalue weighted by molar-refractivity contribution is -0.120. The lowest BCUT2D eigenvalue weighted by Gasteiger charge is -2.08. The van der Waals surface area contributed by atoms with Crippen molar-refractivity contribution in [3.8, 4) is 0 Å². The van der Waals surface area contributed by atoms with Gasteiger partial charge < -0.3 is 10.6 Å². The van der Waals surface area contributed by atoms with Crippen molar-refractivity contribution in [2.24, 2.45) is 0 Å². The fourth-order valence-corrected chi connectivity index (χ4v) is 1.22. The monoisotopic (exact) mass is 228 g/mol. The van der Waals surface area contributed by atoms with E-state index < -0.39 is 11.6 Å². The Morgan fingerprint density at radius 3 is 2.62 bits per heavy atom. The largest absolute Gasteiger partial charge is 0.382 e. The molecule has 16 heavy (non-hydrogen) atoms. The van der Waals surface area contributed by atoms with Gasteiger partial charge in [-0.05, 0) is 18.6 Å². The zero-order chi connectivity index (χ0) is 12.1. The second-order valence-corrected chi connectivity index (χ2v) is 3.43. The zero-order valence-electron chi connectivity index (χ0n) is 9.23. The maximum absolute atomic E-state index is 13.3. The normalized spacial score (nSPS) is 10.0. The summed E-state index contributed by atoms with van der Waals surface area (Å²) in [7, 11) is 1.52. The summed E-state index contributed by atoms with van der Waals surface area (Å²) < 4.78 is 26.4. The van der Waals surface area contributed by atoms with Crippen LogP contribution in [0.2, 0.25) is 0 Å². The van der Waals surface area contributed by atoms with Crippen LogP contribution in [0.4, 0.5) is 14.5 Å². The lowest BCUT2D eigenvalue weighted by atomic mass is 10.2. The number of hydrogen-bond donors (Lipinski definition) is 2. The standard InChI is InChI=1S/C11H14F2N2O/c1-7-5-9(13)10(6-8(7)12)15-4-3-11(16)14-2/h5-6,15H,3-4H2,1-2H3,(H,14,16). The van der Waals surface area contributed by atoms with E-state index in [1.807, 2.05) is 0 Å². The smallest absolute Gasteiger partial charge is 0.221 e. The number of anilines is 1. The molecule has 0 aliphatic heterocycles. The number of rotatable bonds is 4. The van der Waals surface area contributed by atoms with Gasteiger partial charge in [0.15, 0.2) is 0 Å². The van der Waals surface area contributed by atoms with Crippen molar-refractivity contribution in [2.45, 2.75) is 13.3 Å². The molecule has 0 saturated carbocycles. The molecule has 2 N–H and O–H groups in total. The van der Waals surface area contributed by atoms with Gasteiger partial charge in [-0.2, -0.15) is 0 Å². The lowest BCUT2D eigenvalue weighted by Crippen LogP contribution is -2.21. The van der Waals surface area contributed by atoms with E-state index in [4.69, 9.17) is 0 Å². The predicted octanol–water partition coefficient (Wildman–Crippen LogP) is 1.82. The SMILES string of the molecule is CNC(=O)CCNc1cc(F)c(C)cc1F. The molecule has 88 valence electrons. The highest BCUT2D eigenvalue weighted by atomic mass is 19.1. The van der Waals surface area contributed by atoms with Gasteiger partial charge in [0.25, 0.3) is 0 Å². The molecule has 1 aromatic carbocycles. The minimum absolute atomic E-state index is 0.0759. The average molecular weight is 228 g/mol. The highest BCUT2D eigenvalue weighted by Crippen LogP contribution is 2.18. The molecule has 0 unspecified atom stereocenters. The average Bonchev–Trinajstić information content (AvgIpc) is 2.25. The topological polar surface area (TPSA) is 41.1 Å². The Morgan fingerprint density at radius 1 is 1.31 bits per heavy atom. The molecule has 1 rings (SSSR count). The van der Waals surface area contributed by atoms with Crippen LogP contribution in [0.5, 0.6) is 0 Å². The molecule has 0 heterocycles. The highest BCUT2D eigenvalue weighted by molar-refractivity contribution is 5.76. The van der Waals surface area contributed by atoms with E-state index in [1.165, 1.54) is 14.0 Å². The Kier molecular flexibility index (Phi) is 4.22. The Hall–Kier alpha value is -1.65. The van der Waals surface area contributed by atoms with Gasteiger partial charge in [-0.3, -0.25) is 4.79 Å². The first-order valence-electron chi connectivity index (χ1n) is 4.94. The summed E-state index contributed by atoms with van der Waals surface area (Å²) in [6.45, 7) is 1.76. The summed E-state index contributed by atoms with van der Waals surface area (Å²) in [6.07, 6.45) is 0.214. The van der Waals surface area contributed by atoms with Gasteiger partial charge >= 0.3 is 0 Å². The molecule has 0 atom stereocenters. The number of carbonyl (C=O) groups excluding carboxylic acids is 1. The second kappa shape index (κ2) is 5.44. The van der Waals surface area contributed by atoms with Crippen molar-refractivity contribution in [3.63, 3.8) is 0 Å². The van der Waals surface area contributed by atoms with Crippen LogP contribution in [0.3, 0.4) is 0 Å². The summed E-state index contributed by atoms with van der Waals surface area (Å²) >= 11 is 0. The third-order valence-electron chi connectivity index (χ3n) is 2.19. The van der Waals surface area contributed by atoms with Gasteiger partial charge in [0, 0.05) is 26.1 Å². The Balaban J connectivity index is 2.60. The summed E-state index contributed by atoms with van der Waals surface area (Å²) in [6, 6.07) is 2.21. The minimum Gasteiger partial charge on any atom is -0.382 e. The summed E-state index contributed by atoms with van der Waals surface area (Å²) in [5, 5.41) is 5.11. The maximum atomic E-state index is 13.3. The van der Waals surface area contributed by atoms with Crippen molar-refractivity contribution >= 4 is 11.6 Å². The van der Waals surface area contributed by atoms with Crippen molar-refractivity contribution in [1.82, 2.24) is 5.32 Å². The number of hydrogen-bond acceptors (Lipinski definition) is 2. The molecule has 1 aromatic rings. The first-order chi connectivity index (χ1) is 7.54. The number of nitrogens with one attached hydrogen (secondary N) is 2. The third kappa shape index (κ3) is 3.18. The van der Waals surface area contributed by atoms with Crippen LogP contribution in [-0.4, -0.2) is 19.5 Å². The van der Waals surface area contributed by atoms with E-state index in [9.17, 15) is 13.6 Å². The van der Waals surface area contributed by atoms with Crippen molar-refractivity contribution in [3.05, 3.63) is 29.3 Å². The Bertz CT molecular complexity index is 394. The number of amides is 1. The molecular weight excluding hydrogens is 214 g/mol. The molecule has 0 spiro atoms. The van der Waals surface area contributed by atoms with Gasteiger partial charge in [-0.25, -0.2) is 8.78 Å². The number of benzene rings is 1. The van der Waals surface area contributed by atoms with Crippen LogP contribution in [-0.2, 0) is 4.79 Å². The van der Waals surface area contributed by atoms with E-state index in [-0.39, 0.29) is 30.1 Å². The Labute approximate surface area is 92.8 Å². The van der Waals surface area contributed by atoms with E-state index in [2.05, 4.69) is 10.6 Å². The molecule has 0 saturated heterocycles. The second-order valence-electron chi connectivity index (χ2n) is 3.43. The molecule has 0 fully saturated rings. The van der Waals surface area contributed by atoms with Gasteiger partial charge in [0.2, 0.25) is 5.91 Å². The van der Waals surface area contributed by atoms with Crippen LogP contribution in [0.15, 0.2) is 12.1 Å². The molecule has 5 heteroatoms. The molecule has 0 aromatic heterocycles. The number of halogens is 2. The highest BCUT2D eigenvalue weighted by Gasteiger charge is 2.07.